The summed E-state index contributed by atoms with van der Waals surface area (Å²) in [5, 5.41) is 10.0. The zero-order valence-electron chi connectivity index (χ0n) is 10.4. The van der Waals surface area contributed by atoms with Crippen molar-refractivity contribution in [1.82, 2.24) is 15.1 Å². The molecule has 0 aliphatic carbocycles. The number of amides is 1. The molecule has 5 nitrogen and oxygen atoms in total. The van der Waals surface area contributed by atoms with Crippen molar-refractivity contribution < 1.29 is 4.79 Å². The van der Waals surface area contributed by atoms with E-state index < -0.39 is 0 Å². The van der Waals surface area contributed by atoms with E-state index in [0.29, 0.717) is 13.0 Å². The van der Waals surface area contributed by atoms with Crippen molar-refractivity contribution in [2.75, 3.05) is 11.9 Å². The highest BCUT2D eigenvalue weighted by molar-refractivity contribution is 5.90. The SMILES string of the molecule is Cn1cc(NC(=O)CCNC(C)(C)C)cn1. The number of carbonyl (C=O) groups is 1. The highest BCUT2D eigenvalue weighted by atomic mass is 16.1. The molecule has 16 heavy (non-hydrogen) atoms. The van der Waals surface area contributed by atoms with E-state index in [1.807, 2.05) is 7.05 Å². The number of anilines is 1. The molecular formula is C11H20N4O. The molecule has 0 bridgehead atoms. The van der Waals surface area contributed by atoms with Crippen LogP contribution in [-0.2, 0) is 11.8 Å². The normalized spacial score (nSPS) is 11.5. The lowest BCUT2D eigenvalue weighted by atomic mass is 10.1. The van der Waals surface area contributed by atoms with E-state index in [2.05, 4.69) is 36.5 Å². The van der Waals surface area contributed by atoms with Crippen LogP contribution < -0.4 is 10.6 Å². The fourth-order valence-electron chi connectivity index (χ4n) is 1.26. The minimum absolute atomic E-state index is 0.00440. The number of nitrogens with one attached hydrogen (secondary N) is 2. The molecular weight excluding hydrogens is 204 g/mol. The second kappa shape index (κ2) is 5.12. The molecule has 0 aliphatic heterocycles. The molecule has 0 aromatic carbocycles. The third-order valence-electron chi connectivity index (χ3n) is 2.00. The van der Waals surface area contributed by atoms with Gasteiger partial charge < -0.3 is 10.6 Å². The van der Waals surface area contributed by atoms with Crippen LogP contribution >= 0.6 is 0 Å². The van der Waals surface area contributed by atoms with Gasteiger partial charge in [0.05, 0.1) is 11.9 Å². The Morgan fingerprint density at radius 3 is 2.69 bits per heavy atom. The second-order valence-corrected chi connectivity index (χ2v) is 4.88. The Labute approximate surface area is 96.2 Å². The molecule has 0 saturated carbocycles. The van der Waals surface area contributed by atoms with Gasteiger partial charge >= 0.3 is 0 Å². The predicted octanol–water partition coefficient (Wildman–Crippen LogP) is 1.14. The lowest BCUT2D eigenvalue weighted by Gasteiger charge is -2.20. The summed E-state index contributed by atoms with van der Waals surface area (Å²) in [5.41, 5.74) is 0.789. The van der Waals surface area contributed by atoms with E-state index in [0.717, 1.165) is 5.69 Å². The van der Waals surface area contributed by atoms with Crippen LogP contribution in [0.2, 0.25) is 0 Å². The first kappa shape index (κ1) is 12.7. The van der Waals surface area contributed by atoms with E-state index in [-0.39, 0.29) is 11.4 Å². The van der Waals surface area contributed by atoms with Crippen molar-refractivity contribution >= 4 is 11.6 Å². The van der Waals surface area contributed by atoms with Crippen LogP contribution in [0.3, 0.4) is 0 Å². The molecule has 0 aliphatic rings. The predicted molar refractivity (Wildman–Crippen MR) is 64.2 cm³/mol. The summed E-state index contributed by atoms with van der Waals surface area (Å²) in [6.07, 6.45) is 3.87. The van der Waals surface area contributed by atoms with Crippen molar-refractivity contribution in [3.05, 3.63) is 12.4 Å². The minimum atomic E-state index is 0.00440. The molecule has 0 atom stereocenters. The van der Waals surface area contributed by atoms with Gasteiger partial charge in [-0.15, -0.1) is 0 Å². The zero-order valence-corrected chi connectivity index (χ0v) is 10.4. The standard InChI is InChI=1S/C11H20N4O/c1-11(2,3)12-6-5-10(16)14-9-7-13-15(4)8-9/h7-8,12H,5-6H2,1-4H3,(H,14,16). The average molecular weight is 224 g/mol. The van der Waals surface area contributed by atoms with Crippen molar-refractivity contribution in [2.24, 2.45) is 7.05 Å². The number of hydrogen-bond donors (Lipinski definition) is 2. The van der Waals surface area contributed by atoms with E-state index >= 15 is 0 Å². The summed E-state index contributed by atoms with van der Waals surface area (Å²) < 4.78 is 1.66. The molecule has 0 spiro atoms. The third-order valence-corrected chi connectivity index (χ3v) is 2.00. The summed E-state index contributed by atoms with van der Waals surface area (Å²) in [6, 6.07) is 0. The van der Waals surface area contributed by atoms with Gasteiger partial charge in [-0.25, -0.2) is 0 Å². The van der Waals surface area contributed by atoms with Crippen LogP contribution in [0.5, 0.6) is 0 Å². The molecule has 0 radical (unpaired) electrons. The molecule has 0 saturated heterocycles. The Hall–Kier alpha value is -1.36. The van der Waals surface area contributed by atoms with Crippen molar-refractivity contribution in [1.29, 1.82) is 0 Å². The summed E-state index contributed by atoms with van der Waals surface area (Å²) in [4.78, 5) is 11.5. The zero-order chi connectivity index (χ0) is 12.2. The maximum atomic E-state index is 11.5. The Balaban J connectivity index is 2.26. The molecule has 1 heterocycles. The number of hydrogen-bond acceptors (Lipinski definition) is 3. The van der Waals surface area contributed by atoms with Gasteiger partial charge in [-0.2, -0.15) is 5.10 Å². The van der Waals surface area contributed by atoms with E-state index in [4.69, 9.17) is 0 Å². The van der Waals surface area contributed by atoms with Gasteiger partial charge in [-0.1, -0.05) is 0 Å². The fourth-order valence-corrected chi connectivity index (χ4v) is 1.26. The Morgan fingerprint density at radius 2 is 2.19 bits per heavy atom. The van der Waals surface area contributed by atoms with Crippen LogP contribution in [0.15, 0.2) is 12.4 Å². The second-order valence-electron chi connectivity index (χ2n) is 4.88. The molecule has 5 heteroatoms. The summed E-state index contributed by atoms with van der Waals surface area (Å²) in [5.74, 6) is 0.00440. The molecule has 0 unspecified atom stereocenters. The third kappa shape index (κ3) is 4.93. The van der Waals surface area contributed by atoms with Gasteiger partial charge in [0.1, 0.15) is 0 Å². The number of rotatable bonds is 4. The molecule has 0 fully saturated rings. The van der Waals surface area contributed by atoms with Gasteiger partial charge in [0, 0.05) is 31.7 Å². The molecule has 1 rings (SSSR count). The Morgan fingerprint density at radius 1 is 1.50 bits per heavy atom. The lowest BCUT2D eigenvalue weighted by molar-refractivity contribution is -0.116. The molecule has 1 amide bonds. The first-order valence-corrected chi connectivity index (χ1v) is 5.40. The number of nitrogens with zero attached hydrogens (tertiary/aromatic N) is 2. The molecule has 1 aromatic heterocycles. The maximum Gasteiger partial charge on any atom is 0.225 e. The van der Waals surface area contributed by atoms with Crippen LogP contribution in [-0.4, -0.2) is 27.8 Å². The average Bonchev–Trinajstić information content (AvgIpc) is 2.48. The fraction of sp³-hybridized carbons (Fsp3) is 0.636. The van der Waals surface area contributed by atoms with Gasteiger partial charge in [0.2, 0.25) is 5.91 Å². The largest absolute Gasteiger partial charge is 0.323 e. The van der Waals surface area contributed by atoms with Crippen LogP contribution in [0.1, 0.15) is 27.2 Å². The minimum Gasteiger partial charge on any atom is -0.323 e. The lowest BCUT2D eigenvalue weighted by Crippen LogP contribution is -2.37. The maximum absolute atomic E-state index is 11.5. The topological polar surface area (TPSA) is 59.0 Å². The van der Waals surface area contributed by atoms with Crippen LogP contribution in [0.25, 0.3) is 0 Å². The van der Waals surface area contributed by atoms with E-state index in [9.17, 15) is 4.79 Å². The van der Waals surface area contributed by atoms with Crippen LogP contribution in [0, 0.1) is 0 Å². The first-order valence-electron chi connectivity index (χ1n) is 5.40. The number of aromatic nitrogens is 2. The van der Waals surface area contributed by atoms with Gasteiger partial charge in [0.25, 0.3) is 0 Å². The van der Waals surface area contributed by atoms with Gasteiger partial charge in [-0.05, 0) is 20.8 Å². The van der Waals surface area contributed by atoms with Crippen molar-refractivity contribution in [3.8, 4) is 0 Å². The summed E-state index contributed by atoms with van der Waals surface area (Å²) in [7, 11) is 1.82. The quantitative estimate of drug-likeness (QED) is 0.806. The Bertz CT molecular complexity index is 351. The monoisotopic (exact) mass is 224 g/mol. The Kier molecular flexibility index (Phi) is 4.06. The molecule has 1 aromatic rings. The van der Waals surface area contributed by atoms with Crippen LogP contribution in [0.4, 0.5) is 5.69 Å². The van der Waals surface area contributed by atoms with E-state index in [1.165, 1.54) is 0 Å². The van der Waals surface area contributed by atoms with Gasteiger partial charge in [-0.3, -0.25) is 9.48 Å². The summed E-state index contributed by atoms with van der Waals surface area (Å²) in [6.45, 7) is 6.90. The highest BCUT2D eigenvalue weighted by Gasteiger charge is 2.09. The van der Waals surface area contributed by atoms with Gasteiger partial charge in [0.15, 0.2) is 0 Å². The van der Waals surface area contributed by atoms with E-state index in [1.54, 1.807) is 17.1 Å². The number of carbonyl (C=O) groups excluding carboxylic acids is 1. The molecule has 2 N–H and O–H groups in total. The molecule has 90 valence electrons. The van der Waals surface area contributed by atoms with Crippen molar-refractivity contribution in [3.63, 3.8) is 0 Å². The smallest absolute Gasteiger partial charge is 0.225 e. The highest BCUT2D eigenvalue weighted by Crippen LogP contribution is 2.04. The summed E-state index contributed by atoms with van der Waals surface area (Å²) >= 11 is 0. The van der Waals surface area contributed by atoms with Crippen molar-refractivity contribution in [2.45, 2.75) is 32.7 Å². The number of aryl methyl sites for hydroxylation is 1. The first-order chi connectivity index (χ1) is 7.37.